The van der Waals surface area contributed by atoms with Gasteiger partial charge in [0.2, 0.25) is 5.91 Å². The average molecular weight is 624 g/mol. The summed E-state index contributed by atoms with van der Waals surface area (Å²) in [5.41, 5.74) is 2.57. The Morgan fingerprint density at radius 3 is 2.15 bits per heavy atom. The fourth-order valence-corrected chi connectivity index (χ4v) is 5.67. The molecule has 0 radical (unpaired) electrons. The second kappa shape index (κ2) is 14.6. The summed E-state index contributed by atoms with van der Waals surface area (Å²) in [4.78, 5) is 57.4. The smallest absolute Gasteiger partial charge is 0.408 e. The predicted molar refractivity (Wildman–Crippen MR) is 175 cm³/mol. The van der Waals surface area contributed by atoms with Crippen molar-refractivity contribution in [2.24, 2.45) is 11.8 Å². The molecular weight excluding hydrogens is 582 g/mol. The van der Waals surface area contributed by atoms with Crippen molar-refractivity contribution >= 4 is 34.5 Å². The summed E-state index contributed by atoms with van der Waals surface area (Å²) in [5, 5.41) is 6.65. The summed E-state index contributed by atoms with van der Waals surface area (Å²) in [6.45, 7) is 5.75. The summed E-state index contributed by atoms with van der Waals surface area (Å²) in [6.07, 6.45) is 1.54. The Balaban J connectivity index is 1.35. The van der Waals surface area contributed by atoms with Gasteiger partial charge in [0.15, 0.2) is 11.6 Å². The molecule has 0 aliphatic carbocycles. The van der Waals surface area contributed by atoms with Gasteiger partial charge in [0.1, 0.15) is 12.2 Å². The van der Waals surface area contributed by atoms with E-state index < -0.39 is 35.6 Å². The summed E-state index contributed by atoms with van der Waals surface area (Å²) in [6, 6.07) is 24.8. The predicted octanol–water partition coefficient (Wildman–Crippen LogP) is 5.32. The van der Waals surface area contributed by atoms with Gasteiger partial charge in [-0.05, 0) is 48.4 Å². The number of alkyl carbamates (subject to hydrolysis) is 1. The van der Waals surface area contributed by atoms with E-state index in [2.05, 4.69) is 15.6 Å². The molecule has 3 aromatic carbocycles. The van der Waals surface area contributed by atoms with Crippen LogP contribution in [-0.4, -0.2) is 52.8 Å². The standard InChI is InChI=1S/C37H41N3O6/c1-24(2)33(40-36(44)45-22-26-14-8-5-9-15-26)32(41)20-27(19-28-21-38-30-17-11-10-16-29(28)30)35(43)39-31(34(42)37(3)23-46-37)18-25-12-6-4-7-13-25/h4-17,21,24,27,31,33,38H,18-20,22-23H2,1-3H3,(H,39,43)(H,40,44)/t27-,31+,33?,37?/m1/s1. The molecule has 240 valence electrons. The molecule has 3 N–H and O–H groups in total. The number of ether oxygens (including phenoxy) is 2. The molecule has 1 saturated heterocycles. The summed E-state index contributed by atoms with van der Waals surface area (Å²) >= 11 is 0. The Bertz CT molecular complexity index is 1660. The number of benzene rings is 3. The summed E-state index contributed by atoms with van der Waals surface area (Å²) in [5.74, 6) is -1.98. The summed E-state index contributed by atoms with van der Waals surface area (Å²) < 4.78 is 10.8. The highest BCUT2D eigenvalue weighted by atomic mass is 16.6. The average Bonchev–Trinajstić information content (AvgIpc) is 3.69. The number of hydrogen-bond donors (Lipinski definition) is 3. The third kappa shape index (κ3) is 8.28. The number of Topliss-reactive ketones (excluding diaryl/α,β-unsaturated/α-hetero) is 2. The SMILES string of the molecule is CC(C)C(NC(=O)OCc1ccccc1)C(=O)C[C@@H](Cc1c[nH]c2ccccc12)C(=O)N[C@@H](Cc1ccccc1)C(=O)C1(C)CO1. The van der Waals surface area contributed by atoms with Crippen LogP contribution in [0.1, 0.15) is 43.9 Å². The minimum Gasteiger partial charge on any atom is -0.445 e. The Hall–Kier alpha value is -4.76. The van der Waals surface area contributed by atoms with Crippen LogP contribution in [0.2, 0.25) is 0 Å². The van der Waals surface area contributed by atoms with Gasteiger partial charge in [-0.15, -0.1) is 0 Å². The molecule has 9 heteroatoms. The van der Waals surface area contributed by atoms with Gasteiger partial charge < -0.3 is 25.1 Å². The van der Waals surface area contributed by atoms with Crippen LogP contribution in [0.15, 0.2) is 91.1 Å². The molecule has 0 spiro atoms. The molecule has 9 nitrogen and oxygen atoms in total. The maximum absolute atomic E-state index is 14.1. The van der Waals surface area contributed by atoms with E-state index in [9.17, 15) is 19.2 Å². The Morgan fingerprint density at radius 2 is 1.50 bits per heavy atom. The van der Waals surface area contributed by atoms with Crippen molar-refractivity contribution in [3.8, 4) is 0 Å². The first-order chi connectivity index (χ1) is 22.1. The van der Waals surface area contributed by atoms with Crippen molar-refractivity contribution in [1.82, 2.24) is 15.6 Å². The number of hydrogen-bond acceptors (Lipinski definition) is 6. The van der Waals surface area contributed by atoms with Crippen molar-refractivity contribution in [2.45, 2.75) is 64.3 Å². The lowest BCUT2D eigenvalue weighted by Crippen LogP contribution is -2.50. The van der Waals surface area contributed by atoms with E-state index in [4.69, 9.17) is 9.47 Å². The minimum atomic E-state index is -0.943. The molecule has 2 heterocycles. The van der Waals surface area contributed by atoms with Crippen LogP contribution in [0.25, 0.3) is 10.9 Å². The van der Waals surface area contributed by atoms with Gasteiger partial charge in [0, 0.05) is 29.4 Å². The first kappa shape index (κ1) is 32.6. The Kier molecular flexibility index (Phi) is 10.3. The van der Waals surface area contributed by atoms with E-state index in [1.165, 1.54) is 0 Å². The number of amides is 2. The maximum Gasteiger partial charge on any atom is 0.408 e. The zero-order valence-corrected chi connectivity index (χ0v) is 26.5. The number of carbonyl (C=O) groups excluding carboxylic acids is 4. The van der Waals surface area contributed by atoms with Crippen molar-refractivity contribution < 1.29 is 28.7 Å². The molecule has 1 aliphatic rings. The number of H-pyrrole nitrogens is 1. The van der Waals surface area contributed by atoms with Crippen molar-refractivity contribution in [1.29, 1.82) is 0 Å². The Morgan fingerprint density at radius 1 is 0.870 bits per heavy atom. The normalized spacial score (nSPS) is 17.6. The van der Waals surface area contributed by atoms with E-state index in [1.54, 1.807) is 6.92 Å². The zero-order chi connectivity index (χ0) is 32.7. The topological polar surface area (TPSA) is 130 Å². The lowest BCUT2D eigenvalue weighted by molar-refractivity contribution is -0.134. The number of rotatable bonds is 15. The highest BCUT2D eigenvalue weighted by molar-refractivity contribution is 5.98. The number of carbonyl (C=O) groups is 4. The van der Waals surface area contributed by atoms with Gasteiger partial charge in [0.25, 0.3) is 0 Å². The fourth-order valence-electron chi connectivity index (χ4n) is 5.67. The van der Waals surface area contributed by atoms with E-state index in [0.29, 0.717) is 13.0 Å². The van der Waals surface area contributed by atoms with Gasteiger partial charge in [-0.3, -0.25) is 14.4 Å². The largest absolute Gasteiger partial charge is 0.445 e. The van der Waals surface area contributed by atoms with Gasteiger partial charge in [0.05, 0.1) is 18.7 Å². The van der Waals surface area contributed by atoms with Crippen LogP contribution in [-0.2, 0) is 43.3 Å². The number of aromatic nitrogens is 1. The molecule has 1 aromatic heterocycles. The van der Waals surface area contributed by atoms with Crippen molar-refractivity contribution in [3.05, 3.63) is 108 Å². The van der Waals surface area contributed by atoms with Crippen LogP contribution in [0.4, 0.5) is 4.79 Å². The lowest BCUT2D eigenvalue weighted by atomic mass is 9.87. The molecule has 0 bridgehead atoms. The summed E-state index contributed by atoms with van der Waals surface area (Å²) in [7, 11) is 0. The third-order valence-electron chi connectivity index (χ3n) is 8.47. The zero-order valence-electron chi connectivity index (χ0n) is 26.5. The second-order valence-corrected chi connectivity index (χ2v) is 12.5. The van der Waals surface area contributed by atoms with Gasteiger partial charge >= 0.3 is 6.09 Å². The molecule has 4 aromatic rings. The maximum atomic E-state index is 14.1. The number of para-hydroxylation sites is 1. The molecule has 0 saturated carbocycles. The molecule has 1 fully saturated rings. The molecule has 46 heavy (non-hydrogen) atoms. The first-order valence-electron chi connectivity index (χ1n) is 15.7. The van der Waals surface area contributed by atoms with E-state index in [0.717, 1.165) is 27.6 Å². The van der Waals surface area contributed by atoms with Gasteiger partial charge in [-0.1, -0.05) is 92.7 Å². The third-order valence-corrected chi connectivity index (χ3v) is 8.47. The number of epoxide rings is 1. The first-order valence-corrected chi connectivity index (χ1v) is 15.7. The van der Waals surface area contributed by atoms with Crippen LogP contribution in [0.3, 0.4) is 0 Å². The van der Waals surface area contributed by atoms with Crippen LogP contribution >= 0.6 is 0 Å². The van der Waals surface area contributed by atoms with E-state index >= 15 is 0 Å². The number of nitrogens with one attached hydrogen (secondary N) is 3. The van der Waals surface area contributed by atoms with Crippen LogP contribution in [0.5, 0.6) is 0 Å². The second-order valence-electron chi connectivity index (χ2n) is 12.5. The minimum absolute atomic E-state index is 0.0662. The lowest BCUT2D eigenvalue weighted by Gasteiger charge is -2.26. The van der Waals surface area contributed by atoms with Gasteiger partial charge in [-0.2, -0.15) is 0 Å². The number of aromatic amines is 1. The van der Waals surface area contributed by atoms with Crippen LogP contribution < -0.4 is 10.6 Å². The van der Waals surface area contributed by atoms with E-state index in [1.807, 2.05) is 105 Å². The molecule has 5 rings (SSSR count). The molecule has 1 aliphatic heterocycles. The van der Waals surface area contributed by atoms with Crippen molar-refractivity contribution in [3.63, 3.8) is 0 Å². The quantitative estimate of drug-likeness (QED) is 0.154. The fraction of sp³-hybridized carbons (Fsp3) is 0.351. The molecule has 2 amide bonds. The van der Waals surface area contributed by atoms with Crippen LogP contribution in [0, 0.1) is 11.8 Å². The Labute approximate surface area is 269 Å². The number of ketones is 2. The van der Waals surface area contributed by atoms with E-state index in [-0.39, 0.29) is 36.9 Å². The molecule has 4 atom stereocenters. The molecule has 2 unspecified atom stereocenters. The monoisotopic (exact) mass is 623 g/mol. The highest BCUT2D eigenvalue weighted by Crippen LogP contribution is 2.30. The van der Waals surface area contributed by atoms with Gasteiger partial charge in [-0.25, -0.2) is 4.79 Å². The molecular formula is C37H41N3O6. The highest BCUT2D eigenvalue weighted by Gasteiger charge is 2.50. The number of fused-ring (bicyclic) bond motifs is 1. The van der Waals surface area contributed by atoms with Crippen molar-refractivity contribution in [2.75, 3.05) is 6.61 Å².